The first-order chi connectivity index (χ1) is 12.5. The zero-order valence-electron chi connectivity index (χ0n) is 14.6. The quantitative estimate of drug-likeness (QED) is 0.525. The Kier molecular flexibility index (Phi) is 4.98. The number of fused-ring (bicyclic) bond motifs is 1. The van der Waals surface area contributed by atoms with Crippen LogP contribution in [0.25, 0.3) is 22.7 Å². The third-order valence-corrected chi connectivity index (χ3v) is 4.04. The van der Waals surface area contributed by atoms with Gasteiger partial charge in [-0.25, -0.2) is 13.7 Å². The molecule has 0 bridgehead atoms. The summed E-state index contributed by atoms with van der Waals surface area (Å²) >= 11 is 0. The molecule has 1 aromatic carbocycles. The summed E-state index contributed by atoms with van der Waals surface area (Å²) in [4.78, 5) is 10.7. The van der Waals surface area contributed by atoms with Crippen LogP contribution < -0.4 is 0 Å². The Labute approximate surface area is 150 Å². The van der Waals surface area contributed by atoms with Gasteiger partial charge < -0.3 is 5.11 Å². The first-order valence-electron chi connectivity index (χ1n) is 8.32. The van der Waals surface area contributed by atoms with Crippen LogP contribution in [0.1, 0.15) is 31.0 Å². The number of benzene rings is 1. The highest BCUT2D eigenvalue weighted by atomic mass is 19.1. The van der Waals surface area contributed by atoms with Crippen LogP contribution in [-0.2, 0) is 4.79 Å². The molecule has 3 rings (SSSR count). The van der Waals surface area contributed by atoms with Crippen molar-refractivity contribution in [1.29, 1.82) is 0 Å². The molecule has 3 aromatic rings. The molecule has 26 heavy (non-hydrogen) atoms. The highest BCUT2D eigenvalue weighted by Gasteiger charge is 2.17. The summed E-state index contributed by atoms with van der Waals surface area (Å²) in [7, 11) is 0. The van der Waals surface area contributed by atoms with Crippen LogP contribution in [-0.4, -0.2) is 20.7 Å². The number of allylic oxidation sites excluding steroid dienone is 2. The number of hydrogen-bond acceptors (Lipinski definition) is 2. The Bertz CT molecular complexity index is 999. The summed E-state index contributed by atoms with van der Waals surface area (Å²) < 4.78 is 15.2. The Balaban J connectivity index is 2.27. The molecular weight excluding hydrogens is 331 g/mol. The molecule has 132 valence electrons. The highest BCUT2D eigenvalue weighted by molar-refractivity contribution is 5.89. The summed E-state index contributed by atoms with van der Waals surface area (Å²) in [5.74, 6) is -1.14. The van der Waals surface area contributed by atoms with Crippen LogP contribution in [0.15, 0.2) is 60.8 Å². The predicted octanol–water partition coefficient (Wildman–Crippen LogP) is 4.92. The minimum Gasteiger partial charge on any atom is -0.478 e. The standard InChI is InChI=1S/C21H19FN2O2/c1-14(2)21-17(6-3-4-8-19(25)26)20(15-9-11-16(22)12-10-15)18-7-5-13-24(18)23-21/h3-14H,1-2H3,(H,25,26). The van der Waals surface area contributed by atoms with E-state index in [0.29, 0.717) is 0 Å². The molecule has 0 atom stereocenters. The number of aliphatic carboxylic acids is 1. The van der Waals surface area contributed by atoms with Gasteiger partial charge in [-0.05, 0) is 35.7 Å². The lowest BCUT2D eigenvalue weighted by Gasteiger charge is -2.16. The lowest BCUT2D eigenvalue weighted by atomic mass is 9.94. The third kappa shape index (κ3) is 3.57. The topological polar surface area (TPSA) is 54.6 Å². The molecule has 5 heteroatoms. The van der Waals surface area contributed by atoms with Crippen molar-refractivity contribution in [2.24, 2.45) is 0 Å². The number of aromatic nitrogens is 2. The molecule has 0 saturated heterocycles. The molecule has 4 nitrogen and oxygen atoms in total. The van der Waals surface area contributed by atoms with Crippen molar-refractivity contribution in [3.8, 4) is 11.1 Å². The van der Waals surface area contributed by atoms with Crippen LogP contribution in [0, 0.1) is 5.82 Å². The van der Waals surface area contributed by atoms with Gasteiger partial charge in [0.2, 0.25) is 0 Å². The molecule has 0 radical (unpaired) electrons. The Morgan fingerprint density at radius 1 is 1.19 bits per heavy atom. The van der Waals surface area contributed by atoms with Crippen LogP contribution in [0.5, 0.6) is 0 Å². The van der Waals surface area contributed by atoms with E-state index in [1.807, 2.05) is 28.9 Å². The van der Waals surface area contributed by atoms with Gasteiger partial charge in [0, 0.05) is 23.4 Å². The zero-order valence-corrected chi connectivity index (χ0v) is 14.6. The van der Waals surface area contributed by atoms with E-state index >= 15 is 0 Å². The van der Waals surface area contributed by atoms with Crippen LogP contribution in [0.2, 0.25) is 0 Å². The SMILES string of the molecule is CC(C)c1nn2cccc2c(-c2ccc(F)cc2)c1C=CC=CC(=O)O. The zero-order chi connectivity index (χ0) is 18.7. The second kappa shape index (κ2) is 7.35. The molecule has 0 aliphatic heterocycles. The van der Waals surface area contributed by atoms with Gasteiger partial charge in [0.15, 0.2) is 0 Å². The summed E-state index contributed by atoms with van der Waals surface area (Å²) in [6.45, 7) is 4.10. The van der Waals surface area contributed by atoms with Gasteiger partial charge in [-0.1, -0.05) is 44.2 Å². The Hall–Kier alpha value is -3.21. The predicted molar refractivity (Wildman–Crippen MR) is 100 cm³/mol. The van der Waals surface area contributed by atoms with Crippen molar-refractivity contribution in [1.82, 2.24) is 9.61 Å². The molecule has 2 aromatic heterocycles. The maximum atomic E-state index is 13.4. The van der Waals surface area contributed by atoms with Gasteiger partial charge in [0.1, 0.15) is 5.82 Å². The molecule has 0 aliphatic carbocycles. The number of halogens is 1. The summed E-state index contributed by atoms with van der Waals surface area (Å²) in [5, 5.41) is 13.5. The van der Waals surface area contributed by atoms with Crippen molar-refractivity contribution < 1.29 is 14.3 Å². The van der Waals surface area contributed by atoms with E-state index in [4.69, 9.17) is 10.2 Å². The summed E-state index contributed by atoms with van der Waals surface area (Å²) in [6, 6.07) is 10.2. The van der Waals surface area contributed by atoms with Crippen molar-refractivity contribution in [2.45, 2.75) is 19.8 Å². The van der Waals surface area contributed by atoms with Gasteiger partial charge in [-0.3, -0.25) is 0 Å². The number of carboxylic acid groups (broad SMARTS) is 1. The summed E-state index contributed by atoms with van der Waals surface area (Å²) in [6.07, 6.45) is 7.97. The van der Waals surface area contributed by atoms with Gasteiger partial charge in [-0.15, -0.1) is 0 Å². The van der Waals surface area contributed by atoms with E-state index in [1.165, 1.54) is 18.2 Å². The van der Waals surface area contributed by atoms with Crippen molar-refractivity contribution in [3.05, 3.63) is 77.9 Å². The van der Waals surface area contributed by atoms with E-state index in [1.54, 1.807) is 18.2 Å². The van der Waals surface area contributed by atoms with E-state index in [9.17, 15) is 9.18 Å². The Morgan fingerprint density at radius 2 is 1.92 bits per heavy atom. The highest BCUT2D eigenvalue weighted by Crippen LogP contribution is 2.34. The molecule has 0 spiro atoms. The van der Waals surface area contributed by atoms with Crippen LogP contribution >= 0.6 is 0 Å². The van der Waals surface area contributed by atoms with Gasteiger partial charge in [0.25, 0.3) is 0 Å². The molecular formula is C21H19FN2O2. The number of carbonyl (C=O) groups is 1. The first kappa shape index (κ1) is 17.6. The average molecular weight is 350 g/mol. The largest absolute Gasteiger partial charge is 0.478 e. The fourth-order valence-corrected chi connectivity index (χ4v) is 2.90. The minimum absolute atomic E-state index is 0.157. The molecule has 2 heterocycles. The smallest absolute Gasteiger partial charge is 0.328 e. The number of carboxylic acids is 1. The van der Waals surface area contributed by atoms with E-state index in [2.05, 4.69) is 13.8 Å². The monoisotopic (exact) mass is 350 g/mol. The maximum absolute atomic E-state index is 13.4. The molecule has 0 saturated carbocycles. The van der Waals surface area contributed by atoms with Crippen molar-refractivity contribution in [2.75, 3.05) is 0 Å². The van der Waals surface area contributed by atoms with Crippen LogP contribution in [0.3, 0.4) is 0 Å². The van der Waals surface area contributed by atoms with E-state index in [-0.39, 0.29) is 11.7 Å². The number of rotatable bonds is 5. The van der Waals surface area contributed by atoms with Gasteiger partial charge in [-0.2, -0.15) is 5.10 Å². The third-order valence-electron chi connectivity index (χ3n) is 4.04. The number of nitrogens with zero attached hydrogens (tertiary/aromatic N) is 2. The van der Waals surface area contributed by atoms with Crippen molar-refractivity contribution >= 4 is 17.6 Å². The average Bonchev–Trinajstić information content (AvgIpc) is 3.06. The maximum Gasteiger partial charge on any atom is 0.328 e. The van der Waals surface area contributed by atoms with Crippen molar-refractivity contribution in [3.63, 3.8) is 0 Å². The molecule has 0 fully saturated rings. The second-order valence-corrected chi connectivity index (χ2v) is 6.23. The molecule has 1 N–H and O–H groups in total. The fraction of sp³-hybridized carbons (Fsp3) is 0.143. The van der Waals surface area contributed by atoms with Crippen LogP contribution in [0.4, 0.5) is 4.39 Å². The first-order valence-corrected chi connectivity index (χ1v) is 8.32. The molecule has 0 unspecified atom stereocenters. The lowest BCUT2D eigenvalue weighted by Crippen LogP contribution is -2.05. The Morgan fingerprint density at radius 3 is 2.58 bits per heavy atom. The lowest BCUT2D eigenvalue weighted by molar-refractivity contribution is -0.131. The molecule has 0 aliphatic rings. The summed E-state index contributed by atoms with van der Waals surface area (Å²) in [5.41, 5.74) is 4.50. The molecule has 0 amide bonds. The normalized spacial score (nSPS) is 12.0. The minimum atomic E-state index is -1.00. The number of hydrogen-bond donors (Lipinski definition) is 1. The fourth-order valence-electron chi connectivity index (χ4n) is 2.90. The van der Waals surface area contributed by atoms with Gasteiger partial charge in [0.05, 0.1) is 11.2 Å². The van der Waals surface area contributed by atoms with Gasteiger partial charge >= 0.3 is 5.97 Å². The van der Waals surface area contributed by atoms with E-state index in [0.717, 1.165) is 34.0 Å². The second-order valence-electron chi connectivity index (χ2n) is 6.23. The van der Waals surface area contributed by atoms with E-state index < -0.39 is 5.97 Å².